The summed E-state index contributed by atoms with van der Waals surface area (Å²) in [4.78, 5) is 15.4. The third-order valence-electron chi connectivity index (χ3n) is 3.00. The quantitative estimate of drug-likeness (QED) is 0.774. The summed E-state index contributed by atoms with van der Waals surface area (Å²) in [5.41, 5.74) is 0.347. The number of rotatable bonds is 3. The van der Waals surface area contributed by atoms with Crippen LogP contribution in [0, 0.1) is 5.41 Å². The van der Waals surface area contributed by atoms with Crippen molar-refractivity contribution in [2.24, 2.45) is 5.41 Å². The number of hydrogen-bond donors (Lipinski definition) is 0. The van der Waals surface area contributed by atoms with Gasteiger partial charge in [0.15, 0.2) is 0 Å². The van der Waals surface area contributed by atoms with E-state index < -0.39 is 0 Å². The Morgan fingerprint density at radius 3 is 2.86 bits per heavy atom. The molecule has 0 unspecified atom stereocenters. The Morgan fingerprint density at radius 1 is 1.57 bits per heavy atom. The Bertz CT molecular complexity index is 365. The Balaban J connectivity index is 2.18. The monoisotopic (exact) mass is 256 g/mol. The molecule has 4 heteroatoms. The first-order chi connectivity index (χ1) is 6.76. The molecular weight excluding hydrogens is 244 g/mol. The topological polar surface area (TPSA) is 34.9 Å². The summed E-state index contributed by atoms with van der Waals surface area (Å²) in [6.07, 6.45) is 6.87. The summed E-state index contributed by atoms with van der Waals surface area (Å²) in [5.74, 6) is 0. The van der Waals surface area contributed by atoms with Gasteiger partial charge < -0.3 is 0 Å². The fourth-order valence-corrected chi connectivity index (χ4v) is 2.61. The van der Waals surface area contributed by atoms with Crippen molar-refractivity contribution in [1.29, 1.82) is 0 Å². The molecule has 3 nitrogen and oxygen atoms in total. The van der Waals surface area contributed by atoms with Gasteiger partial charge in [-0.15, -0.1) is 0 Å². The van der Waals surface area contributed by atoms with E-state index in [9.17, 15) is 4.79 Å². The molecule has 1 saturated carbocycles. The molecule has 0 amide bonds. The van der Waals surface area contributed by atoms with E-state index in [4.69, 9.17) is 0 Å². The van der Waals surface area contributed by atoms with E-state index in [0.717, 1.165) is 11.9 Å². The number of alkyl halides is 1. The smallest absolute Gasteiger partial charge is 0.253 e. The van der Waals surface area contributed by atoms with Crippen LogP contribution in [0.1, 0.15) is 19.3 Å². The van der Waals surface area contributed by atoms with E-state index in [1.807, 2.05) is 0 Å². The largest absolute Gasteiger partial charge is 0.299 e. The van der Waals surface area contributed by atoms with Gasteiger partial charge in [-0.05, 0) is 18.3 Å². The first kappa shape index (κ1) is 9.90. The van der Waals surface area contributed by atoms with E-state index in [1.54, 1.807) is 17.1 Å². The molecule has 2 rings (SSSR count). The van der Waals surface area contributed by atoms with Crippen LogP contribution in [0.15, 0.2) is 23.4 Å². The van der Waals surface area contributed by atoms with E-state index >= 15 is 0 Å². The highest BCUT2D eigenvalue weighted by Crippen LogP contribution is 2.43. The van der Waals surface area contributed by atoms with Crippen molar-refractivity contribution in [2.75, 3.05) is 5.33 Å². The standard InChI is InChI=1S/C10H13BrN2O/c11-6-10(3-1-4-10)7-13-8-12-5-2-9(13)14/h2,5,8H,1,3-4,6-7H2. The maximum atomic E-state index is 11.5. The maximum absolute atomic E-state index is 11.5. The van der Waals surface area contributed by atoms with Crippen LogP contribution < -0.4 is 5.56 Å². The van der Waals surface area contributed by atoms with Crippen LogP contribution in [0.4, 0.5) is 0 Å². The predicted octanol–water partition coefficient (Wildman–Crippen LogP) is 1.81. The summed E-state index contributed by atoms with van der Waals surface area (Å²) in [5, 5.41) is 0.974. The molecule has 76 valence electrons. The number of hydrogen-bond acceptors (Lipinski definition) is 2. The summed E-state index contributed by atoms with van der Waals surface area (Å²) in [6, 6.07) is 1.51. The molecule has 1 aromatic heterocycles. The van der Waals surface area contributed by atoms with Crippen molar-refractivity contribution >= 4 is 15.9 Å². The molecule has 0 atom stereocenters. The third kappa shape index (κ3) is 1.75. The van der Waals surface area contributed by atoms with Gasteiger partial charge in [0.2, 0.25) is 0 Å². The fraction of sp³-hybridized carbons (Fsp3) is 0.600. The average Bonchev–Trinajstić information content (AvgIpc) is 2.14. The number of halogens is 1. The van der Waals surface area contributed by atoms with E-state index in [-0.39, 0.29) is 5.56 Å². The lowest BCUT2D eigenvalue weighted by molar-refractivity contribution is 0.138. The molecule has 0 bridgehead atoms. The minimum absolute atomic E-state index is 0.0484. The highest BCUT2D eigenvalue weighted by atomic mass is 79.9. The lowest BCUT2D eigenvalue weighted by Gasteiger charge is -2.40. The zero-order valence-corrected chi connectivity index (χ0v) is 9.53. The molecule has 1 heterocycles. The van der Waals surface area contributed by atoms with Gasteiger partial charge in [-0.2, -0.15) is 0 Å². The zero-order valence-electron chi connectivity index (χ0n) is 7.95. The molecule has 1 aliphatic carbocycles. The van der Waals surface area contributed by atoms with Gasteiger partial charge in [-0.25, -0.2) is 4.98 Å². The van der Waals surface area contributed by atoms with Crippen LogP contribution in [0.3, 0.4) is 0 Å². The lowest BCUT2D eigenvalue weighted by atomic mass is 9.70. The van der Waals surface area contributed by atoms with Gasteiger partial charge in [-0.3, -0.25) is 9.36 Å². The van der Waals surface area contributed by atoms with Crippen molar-refractivity contribution in [3.63, 3.8) is 0 Å². The summed E-state index contributed by atoms with van der Waals surface area (Å²) in [7, 11) is 0. The van der Waals surface area contributed by atoms with Gasteiger partial charge >= 0.3 is 0 Å². The SMILES string of the molecule is O=c1ccncn1CC1(CBr)CCC1. The second kappa shape index (κ2) is 3.85. The summed E-state index contributed by atoms with van der Waals surface area (Å²) < 4.78 is 1.71. The molecule has 0 aliphatic heterocycles. The Kier molecular flexibility index (Phi) is 2.72. The van der Waals surface area contributed by atoms with Gasteiger partial charge in [0.05, 0.1) is 6.33 Å². The normalized spacial score (nSPS) is 18.9. The fourth-order valence-electron chi connectivity index (χ4n) is 1.87. The Labute approximate surface area is 91.3 Å². The molecule has 0 aromatic carbocycles. The number of nitrogens with zero attached hydrogens (tertiary/aromatic N) is 2. The van der Waals surface area contributed by atoms with Crippen molar-refractivity contribution in [3.8, 4) is 0 Å². The van der Waals surface area contributed by atoms with E-state index in [0.29, 0.717) is 5.41 Å². The van der Waals surface area contributed by atoms with Crippen molar-refractivity contribution in [1.82, 2.24) is 9.55 Å². The van der Waals surface area contributed by atoms with Crippen molar-refractivity contribution in [2.45, 2.75) is 25.8 Å². The first-order valence-corrected chi connectivity index (χ1v) is 5.94. The molecule has 1 aromatic rings. The summed E-state index contributed by atoms with van der Waals surface area (Å²) in [6.45, 7) is 0.797. The zero-order chi connectivity index (χ0) is 10.0. The third-order valence-corrected chi connectivity index (χ3v) is 4.19. The molecule has 14 heavy (non-hydrogen) atoms. The van der Waals surface area contributed by atoms with E-state index in [1.165, 1.54) is 25.3 Å². The number of aromatic nitrogens is 2. The van der Waals surface area contributed by atoms with Gasteiger partial charge in [0, 0.05) is 24.1 Å². The van der Waals surface area contributed by atoms with Crippen LogP contribution in [-0.2, 0) is 6.54 Å². The first-order valence-electron chi connectivity index (χ1n) is 4.82. The molecule has 0 spiro atoms. The Hall–Kier alpha value is -0.640. The molecule has 0 N–H and O–H groups in total. The average molecular weight is 257 g/mol. The second-order valence-electron chi connectivity index (χ2n) is 4.03. The highest BCUT2D eigenvalue weighted by Gasteiger charge is 2.36. The van der Waals surface area contributed by atoms with Crippen LogP contribution in [-0.4, -0.2) is 14.9 Å². The molecule has 1 fully saturated rings. The molecule has 1 aliphatic rings. The minimum atomic E-state index is 0.0484. The Morgan fingerprint density at radius 2 is 2.36 bits per heavy atom. The van der Waals surface area contributed by atoms with Crippen LogP contribution in [0.2, 0.25) is 0 Å². The van der Waals surface area contributed by atoms with Gasteiger partial charge in [0.25, 0.3) is 5.56 Å². The van der Waals surface area contributed by atoms with Crippen LogP contribution in [0.25, 0.3) is 0 Å². The van der Waals surface area contributed by atoms with Gasteiger partial charge in [0.1, 0.15) is 0 Å². The van der Waals surface area contributed by atoms with E-state index in [2.05, 4.69) is 20.9 Å². The van der Waals surface area contributed by atoms with Crippen molar-refractivity contribution in [3.05, 3.63) is 28.9 Å². The lowest BCUT2D eigenvalue weighted by Crippen LogP contribution is -2.38. The van der Waals surface area contributed by atoms with Crippen LogP contribution in [0.5, 0.6) is 0 Å². The summed E-state index contributed by atoms with van der Waals surface area (Å²) >= 11 is 3.53. The predicted molar refractivity (Wildman–Crippen MR) is 58.6 cm³/mol. The maximum Gasteiger partial charge on any atom is 0.253 e. The van der Waals surface area contributed by atoms with Gasteiger partial charge in [-0.1, -0.05) is 22.4 Å². The highest BCUT2D eigenvalue weighted by molar-refractivity contribution is 9.09. The molecular formula is C10H13BrN2O. The van der Waals surface area contributed by atoms with Crippen molar-refractivity contribution < 1.29 is 0 Å². The molecule has 0 saturated heterocycles. The molecule has 0 radical (unpaired) electrons. The second-order valence-corrected chi connectivity index (χ2v) is 4.59. The minimum Gasteiger partial charge on any atom is -0.299 e. The van der Waals surface area contributed by atoms with Crippen LogP contribution >= 0.6 is 15.9 Å².